The highest BCUT2D eigenvalue weighted by Crippen LogP contribution is 2.34. The van der Waals surface area contributed by atoms with Crippen molar-refractivity contribution in [2.75, 3.05) is 52.5 Å². The van der Waals surface area contributed by atoms with Crippen molar-refractivity contribution in [3.63, 3.8) is 0 Å². The molecule has 3 amide bonds. The van der Waals surface area contributed by atoms with Crippen LogP contribution in [0.3, 0.4) is 0 Å². The van der Waals surface area contributed by atoms with Crippen LogP contribution in [0.15, 0.2) is 24.3 Å². The molecule has 0 radical (unpaired) electrons. The summed E-state index contributed by atoms with van der Waals surface area (Å²) in [6, 6.07) is 4.97. The molecule has 2 saturated heterocycles. The van der Waals surface area contributed by atoms with Crippen LogP contribution in [0.25, 0.3) is 0 Å². The van der Waals surface area contributed by atoms with E-state index in [1.807, 2.05) is 13.8 Å². The Morgan fingerprint density at radius 1 is 1.12 bits per heavy atom. The smallest absolute Gasteiger partial charge is 0.416 e. The van der Waals surface area contributed by atoms with Crippen molar-refractivity contribution >= 4 is 12.1 Å². The molecule has 2 fully saturated rings. The summed E-state index contributed by atoms with van der Waals surface area (Å²) < 4.78 is 49.6. The summed E-state index contributed by atoms with van der Waals surface area (Å²) in [6.07, 6.45) is -4.30. The lowest BCUT2D eigenvalue weighted by molar-refractivity contribution is -0.137. The highest BCUT2D eigenvalue weighted by Gasteiger charge is 2.35. The van der Waals surface area contributed by atoms with Crippen molar-refractivity contribution in [3.05, 3.63) is 35.4 Å². The highest BCUT2D eigenvalue weighted by molar-refractivity contribution is 5.75. The van der Waals surface area contributed by atoms with Crippen molar-refractivity contribution in [3.8, 4) is 0 Å². The molecule has 1 aromatic rings. The molecule has 0 spiro atoms. The van der Waals surface area contributed by atoms with Crippen molar-refractivity contribution in [1.82, 2.24) is 15.1 Å². The van der Waals surface area contributed by atoms with Gasteiger partial charge in [-0.2, -0.15) is 13.2 Å². The fraction of sp³-hybridized carbons (Fsp3) is 0.652. The molecule has 10 heteroatoms. The van der Waals surface area contributed by atoms with E-state index < -0.39 is 17.8 Å². The molecular weight excluding hydrogens is 439 g/mol. The third kappa shape index (κ3) is 7.25. The number of ether oxygens (including phenoxy) is 2. The Bertz CT molecular complexity index is 795. The minimum absolute atomic E-state index is 0.121. The summed E-state index contributed by atoms with van der Waals surface area (Å²) in [4.78, 5) is 28.5. The average Bonchev–Trinajstić information content (AvgIpc) is 2.80. The van der Waals surface area contributed by atoms with Gasteiger partial charge in [-0.15, -0.1) is 0 Å². The van der Waals surface area contributed by atoms with Gasteiger partial charge in [0, 0.05) is 44.6 Å². The maximum Gasteiger partial charge on any atom is 0.416 e. The molecule has 33 heavy (non-hydrogen) atoms. The molecule has 1 aromatic carbocycles. The van der Waals surface area contributed by atoms with Gasteiger partial charge in [0.1, 0.15) is 0 Å². The van der Waals surface area contributed by atoms with E-state index in [9.17, 15) is 22.8 Å². The molecule has 3 rings (SSSR count). The van der Waals surface area contributed by atoms with Gasteiger partial charge in [-0.1, -0.05) is 26.0 Å². The average molecular weight is 472 g/mol. The molecule has 2 aliphatic rings. The van der Waals surface area contributed by atoms with E-state index in [1.54, 1.807) is 9.80 Å². The summed E-state index contributed by atoms with van der Waals surface area (Å²) in [5.74, 6) is 0.0112. The number of hydrogen-bond donors (Lipinski definition) is 1. The topological polar surface area (TPSA) is 71.1 Å². The number of nitrogens with zero attached hydrogens (tertiary/aromatic N) is 2. The number of rotatable bonds is 5. The first-order valence-electron chi connectivity index (χ1n) is 11.3. The van der Waals surface area contributed by atoms with Crippen molar-refractivity contribution in [2.24, 2.45) is 11.8 Å². The molecule has 2 atom stereocenters. The van der Waals surface area contributed by atoms with Crippen LogP contribution >= 0.6 is 0 Å². The largest absolute Gasteiger partial charge is 0.449 e. The van der Waals surface area contributed by atoms with Gasteiger partial charge < -0.3 is 24.6 Å². The Morgan fingerprint density at radius 3 is 2.39 bits per heavy atom. The van der Waals surface area contributed by atoms with E-state index in [4.69, 9.17) is 9.47 Å². The molecule has 0 aliphatic carbocycles. The molecule has 2 aliphatic heterocycles. The second-order valence-corrected chi connectivity index (χ2v) is 9.08. The first kappa shape index (κ1) is 25.1. The number of carbonyl (C=O) groups is 2. The molecule has 0 aromatic heterocycles. The van der Waals surface area contributed by atoms with Gasteiger partial charge in [0.15, 0.2) is 0 Å². The Kier molecular flexibility index (Phi) is 8.45. The van der Waals surface area contributed by atoms with Gasteiger partial charge in [0.25, 0.3) is 0 Å². The van der Waals surface area contributed by atoms with Crippen molar-refractivity contribution in [2.45, 2.75) is 32.4 Å². The summed E-state index contributed by atoms with van der Waals surface area (Å²) in [7, 11) is 0. The van der Waals surface area contributed by atoms with Crippen LogP contribution in [0.1, 0.15) is 37.3 Å². The third-order valence-corrected chi connectivity index (χ3v) is 5.90. The number of amides is 3. The molecule has 184 valence electrons. The van der Waals surface area contributed by atoms with E-state index in [-0.39, 0.29) is 30.4 Å². The van der Waals surface area contributed by atoms with Crippen molar-refractivity contribution < 1.29 is 32.2 Å². The summed E-state index contributed by atoms with van der Waals surface area (Å²) in [5, 5.41) is 2.70. The quantitative estimate of drug-likeness (QED) is 0.706. The lowest BCUT2D eigenvalue weighted by atomic mass is 9.84. The maximum absolute atomic E-state index is 13.1. The molecule has 7 nitrogen and oxygen atoms in total. The maximum atomic E-state index is 13.1. The Labute approximate surface area is 192 Å². The minimum Gasteiger partial charge on any atom is -0.449 e. The van der Waals surface area contributed by atoms with Gasteiger partial charge >= 0.3 is 18.3 Å². The van der Waals surface area contributed by atoms with Crippen LogP contribution in [-0.2, 0) is 15.7 Å². The van der Waals surface area contributed by atoms with E-state index in [0.29, 0.717) is 52.4 Å². The molecule has 1 N–H and O–H groups in total. The van der Waals surface area contributed by atoms with Crippen LogP contribution in [0.5, 0.6) is 0 Å². The van der Waals surface area contributed by atoms with E-state index >= 15 is 0 Å². The van der Waals surface area contributed by atoms with Crippen LogP contribution < -0.4 is 5.32 Å². The van der Waals surface area contributed by atoms with Gasteiger partial charge in [-0.05, 0) is 30.0 Å². The molecular formula is C23H32F3N3O4. The van der Waals surface area contributed by atoms with Gasteiger partial charge in [0.2, 0.25) is 0 Å². The van der Waals surface area contributed by atoms with Crippen LogP contribution in [0, 0.1) is 11.8 Å². The highest BCUT2D eigenvalue weighted by atomic mass is 19.4. The second kappa shape index (κ2) is 11.1. The Morgan fingerprint density at radius 2 is 1.79 bits per heavy atom. The lowest BCUT2D eigenvalue weighted by Gasteiger charge is -2.41. The SMILES string of the molecule is CC(C)CNC(=O)OCC1CC(c2ccc(C(F)(F)F)cc2)CN(C(=O)N2CCOCC2)C1. The summed E-state index contributed by atoms with van der Waals surface area (Å²) in [5.41, 5.74) is 0.0294. The Hall–Kier alpha value is -2.49. The van der Waals surface area contributed by atoms with Crippen LogP contribution in [0.2, 0.25) is 0 Å². The predicted molar refractivity (Wildman–Crippen MR) is 116 cm³/mol. The number of hydrogen-bond acceptors (Lipinski definition) is 4. The predicted octanol–water partition coefficient (Wildman–Crippen LogP) is 3.95. The summed E-state index contributed by atoms with van der Waals surface area (Å²) >= 11 is 0. The van der Waals surface area contributed by atoms with Gasteiger partial charge in [-0.25, -0.2) is 9.59 Å². The number of halogens is 3. The normalized spacial score (nSPS) is 21.8. The van der Waals surface area contributed by atoms with E-state index in [2.05, 4.69) is 5.32 Å². The number of alkyl carbamates (subject to hydrolysis) is 1. The first-order chi connectivity index (χ1) is 15.6. The number of piperidine rings is 1. The van der Waals surface area contributed by atoms with Crippen molar-refractivity contribution in [1.29, 1.82) is 0 Å². The van der Waals surface area contributed by atoms with E-state index in [1.165, 1.54) is 12.1 Å². The monoisotopic (exact) mass is 471 g/mol. The molecule has 2 unspecified atom stereocenters. The third-order valence-electron chi connectivity index (χ3n) is 5.90. The lowest BCUT2D eigenvalue weighted by Crippen LogP contribution is -2.53. The number of nitrogens with one attached hydrogen (secondary N) is 1. The zero-order valence-corrected chi connectivity index (χ0v) is 19.1. The second-order valence-electron chi connectivity index (χ2n) is 9.08. The van der Waals surface area contributed by atoms with E-state index in [0.717, 1.165) is 17.7 Å². The molecule has 2 heterocycles. The number of likely N-dealkylation sites (tertiary alicyclic amines) is 1. The number of urea groups is 1. The summed E-state index contributed by atoms with van der Waals surface area (Å²) in [6.45, 7) is 7.36. The van der Waals surface area contributed by atoms with Crippen LogP contribution in [-0.4, -0.2) is 74.5 Å². The van der Waals surface area contributed by atoms with Gasteiger partial charge in [-0.3, -0.25) is 0 Å². The minimum atomic E-state index is -4.40. The zero-order valence-electron chi connectivity index (χ0n) is 19.1. The number of carbonyl (C=O) groups excluding carboxylic acids is 2. The van der Waals surface area contributed by atoms with Gasteiger partial charge in [0.05, 0.1) is 25.4 Å². The molecule has 0 saturated carbocycles. The fourth-order valence-electron chi connectivity index (χ4n) is 4.15. The first-order valence-corrected chi connectivity index (χ1v) is 11.3. The Balaban J connectivity index is 1.70. The number of morpholine rings is 1. The standard InChI is InChI=1S/C23H32F3N3O4/c1-16(2)12-27-21(30)33-15-17-11-19(18-3-5-20(6-4-18)23(24,25)26)14-29(13-17)22(31)28-7-9-32-10-8-28/h3-6,16-17,19H,7-15H2,1-2H3,(H,27,30). The van der Waals surface area contributed by atoms with Crippen LogP contribution in [0.4, 0.5) is 22.8 Å². The number of alkyl halides is 3. The number of benzene rings is 1. The fourth-order valence-corrected chi connectivity index (χ4v) is 4.15. The zero-order chi connectivity index (χ0) is 24.0. The molecule has 0 bridgehead atoms.